The monoisotopic (exact) mass is 381 g/mol. The second kappa shape index (κ2) is 6.64. The van der Waals surface area contributed by atoms with E-state index in [1.54, 1.807) is 6.20 Å². The molecule has 1 saturated heterocycles. The van der Waals surface area contributed by atoms with Crippen LogP contribution in [0, 0.1) is 5.92 Å². The van der Waals surface area contributed by atoms with Gasteiger partial charge in [-0.05, 0) is 48.4 Å². The summed E-state index contributed by atoms with van der Waals surface area (Å²) in [5.74, 6) is 1.26. The molecular formula is C20H23N5OS. The largest absolute Gasteiger partial charge is 0.341 e. The summed E-state index contributed by atoms with van der Waals surface area (Å²) < 4.78 is 2.04. The van der Waals surface area contributed by atoms with E-state index in [2.05, 4.69) is 26.2 Å². The first-order valence-corrected chi connectivity index (χ1v) is 10.4. The molecule has 1 atom stereocenters. The number of aromatic nitrogens is 3. The van der Waals surface area contributed by atoms with E-state index in [0.29, 0.717) is 5.91 Å². The number of piperidine rings is 1. The number of hydrogen-bond donors (Lipinski definition) is 0. The van der Waals surface area contributed by atoms with Gasteiger partial charge in [0.1, 0.15) is 5.52 Å². The van der Waals surface area contributed by atoms with Crippen LogP contribution in [0.2, 0.25) is 0 Å². The van der Waals surface area contributed by atoms with Crippen LogP contribution in [0.5, 0.6) is 0 Å². The van der Waals surface area contributed by atoms with Crippen molar-refractivity contribution in [2.24, 2.45) is 13.0 Å². The van der Waals surface area contributed by atoms with Gasteiger partial charge in [0.2, 0.25) is 11.9 Å². The van der Waals surface area contributed by atoms with Crippen LogP contribution in [-0.2, 0) is 24.8 Å². The lowest BCUT2D eigenvalue weighted by Crippen LogP contribution is -2.46. The molecule has 0 N–H and O–H groups in total. The fourth-order valence-corrected chi connectivity index (χ4v) is 5.24. The van der Waals surface area contributed by atoms with Gasteiger partial charge >= 0.3 is 0 Å². The molecule has 0 aromatic carbocycles. The highest BCUT2D eigenvalue weighted by Gasteiger charge is 2.32. The van der Waals surface area contributed by atoms with Crippen LogP contribution in [0.1, 0.15) is 23.3 Å². The van der Waals surface area contributed by atoms with E-state index >= 15 is 0 Å². The zero-order chi connectivity index (χ0) is 18.4. The van der Waals surface area contributed by atoms with Gasteiger partial charge in [0.05, 0.1) is 5.92 Å². The molecule has 1 fully saturated rings. The summed E-state index contributed by atoms with van der Waals surface area (Å²) in [5.41, 5.74) is 3.13. The molecule has 0 bridgehead atoms. The zero-order valence-corrected chi connectivity index (χ0v) is 16.3. The minimum atomic E-state index is 0.0479. The zero-order valence-electron chi connectivity index (χ0n) is 15.5. The van der Waals surface area contributed by atoms with Crippen LogP contribution in [0.4, 0.5) is 5.95 Å². The second-order valence-corrected chi connectivity index (χ2v) is 8.48. The van der Waals surface area contributed by atoms with Gasteiger partial charge in [-0.3, -0.25) is 9.36 Å². The average Bonchev–Trinajstić information content (AvgIpc) is 3.32. The number of carbonyl (C=O) groups excluding carboxylic acids is 1. The Bertz CT molecular complexity index is 993. The molecule has 5 heterocycles. The third kappa shape index (κ3) is 2.90. The Labute approximate surface area is 162 Å². The summed E-state index contributed by atoms with van der Waals surface area (Å²) in [6, 6.07) is 6.07. The summed E-state index contributed by atoms with van der Waals surface area (Å²) in [6.07, 6.45) is 4.77. The number of fused-ring (bicyclic) bond motifs is 2. The molecule has 3 aromatic rings. The number of nitrogens with zero attached hydrogens (tertiary/aromatic N) is 5. The fourth-order valence-electron chi connectivity index (χ4n) is 4.35. The number of hydrogen-bond acceptors (Lipinski definition) is 5. The standard InChI is InChI=1S/C20H23N5OS/c1-23-18-16(5-2-8-21-18)22-20(23)25-9-3-4-15(13-25)19(26)24-10-6-17-14(12-24)7-11-27-17/h2,5,7-8,11,15H,3-4,6,9-10,12-13H2,1H3. The molecule has 2 aliphatic heterocycles. The lowest BCUT2D eigenvalue weighted by atomic mass is 9.95. The number of pyridine rings is 1. The van der Waals surface area contributed by atoms with Crippen molar-refractivity contribution < 1.29 is 4.79 Å². The van der Waals surface area contributed by atoms with Gasteiger partial charge < -0.3 is 9.80 Å². The van der Waals surface area contributed by atoms with Crippen molar-refractivity contribution in [3.8, 4) is 0 Å². The van der Waals surface area contributed by atoms with Gasteiger partial charge in [0, 0.05) is 44.3 Å². The second-order valence-electron chi connectivity index (χ2n) is 7.48. The molecule has 7 heteroatoms. The van der Waals surface area contributed by atoms with Crippen molar-refractivity contribution in [3.63, 3.8) is 0 Å². The maximum Gasteiger partial charge on any atom is 0.227 e. The van der Waals surface area contributed by atoms with Gasteiger partial charge in [0.25, 0.3) is 0 Å². The third-order valence-corrected chi connectivity index (χ3v) is 6.80. The molecule has 0 spiro atoms. The molecule has 1 unspecified atom stereocenters. The molecule has 3 aromatic heterocycles. The van der Waals surface area contributed by atoms with Crippen LogP contribution in [0.15, 0.2) is 29.8 Å². The number of aryl methyl sites for hydroxylation is 1. The van der Waals surface area contributed by atoms with Crippen molar-refractivity contribution >= 4 is 34.4 Å². The number of carbonyl (C=O) groups is 1. The molecule has 2 aliphatic rings. The van der Waals surface area contributed by atoms with Gasteiger partial charge in [-0.15, -0.1) is 11.3 Å². The van der Waals surface area contributed by atoms with E-state index in [0.717, 1.165) is 62.6 Å². The van der Waals surface area contributed by atoms with E-state index in [1.165, 1.54) is 10.4 Å². The molecule has 27 heavy (non-hydrogen) atoms. The quantitative estimate of drug-likeness (QED) is 0.685. The SMILES string of the molecule is Cn1c(N2CCCC(C(=O)N3CCc4sccc4C3)C2)nc2cccnc21. The van der Waals surface area contributed by atoms with E-state index < -0.39 is 0 Å². The minimum absolute atomic E-state index is 0.0479. The highest BCUT2D eigenvalue weighted by atomic mass is 32.1. The van der Waals surface area contributed by atoms with Crippen molar-refractivity contribution in [2.75, 3.05) is 24.5 Å². The molecule has 0 radical (unpaired) electrons. The highest BCUT2D eigenvalue weighted by molar-refractivity contribution is 7.10. The first kappa shape index (κ1) is 16.7. The molecule has 6 nitrogen and oxygen atoms in total. The Morgan fingerprint density at radius 2 is 2.22 bits per heavy atom. The van der Waals surface area contributed by atoms with Gasteiger partial charge in [-0.25, -0.2) is 9.97 Å². The Kier molecular flexibility index (Phi) is 4.11. The number of imidazole rings is 1. The lowest BCUT2D eigenvalue weighted by Gasteiger charge is -2.36. The Hall–Kier alpha value is -2.41. The molecule has 1 amide bonds. The summed E-state index contributed by atoms with van der Waals surface area (Å²) in [5, 5.41) is 2.14. The van der Waals surface area contributed by atoms with Gasteiger partial charge in [0.15, 0.2) is 5.65 Å². The Morgan fingerprint density at radius 3 is 3.11 bits per heavy atom. The fraction of sp³-hybridized carbons (Fsp3) is 0.450. The van der Waals surface area contributed by atoms with Crippen molar-refractivity contribution in [1.82, 2.24) is 19.4 Å². The predicted octanol–water partition coefficient (Wildman–Crippen LogP) is 2.83. The third-order valence-electron chi connectivity index (χ3n) is 5.78. The maximum atomic E-state index is 13.2. The highest BCUT2D eigenvalue weighted by Crippen LogP contribution is 2.29. The van der Waals surface area contributed by atoms with E-state index in [-0.39, 0.29) is 5.92 Å². The molecule has 5 rings (SSSR count). The normalized spacial score (nSPS) is 20.1. The molecule has 0 saturated carbocycles. The maximum absolute atomic E-state index is 13.2. The van der Waals surface area contributed by atoms with Crippen molar-refractivity contribution in [3.05, 3.63) is 40.2 Å². The summed E-state index contributed by atoms with van der Waals surface area (Å²) in [6.45, 7) is 3.29. The van der Waals surface area contributed by atoms with Crippen molar-refractivity contribution in [2.45, 2.75) is 25.8 Å². The van der Waals surface area contributed by atoms with E-state index in [9.17, 15) is 4.79 Å². The van der Waals surface area contributed by atoms with Crippen LogP contribution in [-0.4, -0.2) is 45.0 Å². The minimum Gasteiger partial charge on any atom is -0.341 e. The lowest BCUT2D eigenvalue weighted by molar-refractivity contribution is -0.136. The molecule has 0 aliphatic carbocycles. The summed E-state index contributed by atoms with van der Waals surface area (Å²) in [7, 11) is 2.01. The van der Waals surface area contributed by atoms with Gasteiger partial charge in [-0.1, -0.05) is 0 Å². The summed E-state index contributed by atoms with van der Waals surface area (Å²) in [4.78, 5) is 28.1. The average molecular weight is 382 g/mol. The Morgan fingerprint density at radius 1 is 1.30 bits per heavy atom. The van der Waals surface area contributed by atoms with E-state index in [1.807, 2.05) is 35.1 Å². The van der Waals surface area contributed by atoms with E-state index in [4.69, 9.17) is 4.98 Å². The first-order chi connectivity index (χ1) is 13.2. The van der Waals surface area contributed by atoms with Gasteiger partial charge in [-0.2, -0.15) is 0 Å². The number of amides is 1. The smallest absolute Gasteiger partial charge is 0.227 e. The Balaban J connectivity index is 1.35. The first-order valence-electron chi connectivity index (χ1n) is 9.57. The number of rotatable bonds is 2. The number of thiophene rings is 1. The van der Waals surface area contributed by atoms with Crippen molar-refractivity contribution in [1.29, 1.82) is 0 Å². The molecular weight excluding hydrogens is 358 g/mol. The summed E-state index contributed by atoms with van der Waals surface area (Å²) >= 11 is 1.81. The molecule has 140 valence electrons. The van der Waals surface area contributed by atoms with Crippen LogP contribution in [0.25, 0.3) is 11.2 Å². The van der Waals surface area contributed by atoms with Crippen LogP contribution < -0.4 is 4.90 Å². The van der Waals surface area contributed by atoms with Crippen LogP contribution >= 0.6 is 11.3 Å². The predicted molar refractivity (Wildman–Crippen MR) is 107 cm³/mol. The van der Waals surface area contributed by atoms with Crippen LogP contribution in [0.3, 0.4) is 0 Å². The topological polar surface area (TPSA) is 54.3 Å². The number of anilines is 1.